The molecule has 0 radical (unpaired) electrons. The Morgan fingerprint density at radius 2 is 2.12 bits per heavy atom. The van der Waals surface area contributed by atoms with E-state index >= 15 is 0 Å². The van der Waals surface area contributed by atoms with Gasteiger partial charge in [0.2, 0.25) is 5.91 Å². The second kappa shape index (κ2) is 4.64. The van der Waals surface area contributed by atoms with Crippen molar-refractivity contribution in [2.45, 2.75) is 38.6 Å². The normalized spacial score (nSPS) is 22.7. The summed E-state index contributed by atoms with van der Waals surface area (Å²) in [6, 6.07) is -1.19. The fourth-order valence-corrected chi connectivity index (χ4v) is 2.30. The van der Waals surface area contributed by atoms with E-state index in [1.807, 2.05) is 0 Å². The molecule has 0 spiro atoms. The number of nitrogens with one attached hydrogen (secondary N) is 1. The Balaban J connectivity index is 1.75. The Kier molecular flexibility index (Phi) is 3.38. The first kappa shape index (κ1) is 12.4. The maximum Gasteiger partial charge on any atom is 0.332 e. The van der Waals surface area contributed by atoms with Gasteiger partial charge in [-0.25, -0.2) is 4.79 Å². The molecule has 96 valence electrons. The highest BCUT2D eigenvalue weighted by molar-refractivity contribution is 6.01. The summed E-state index contributed by atoms with van der Waals surface area (Å²) in [4.78, 5) is 22.9. The number of amides is 1. The second-order valence-electron chi connectivity index (χ2n) is 5.08. The SMILES string of the molecule is CCOC(=O)C(N)C(=O)NCC1(C2CC2)CC1. The molecular formula is C12H20N2O3. The van der Waals surface area contributed by atoms with Crippen LogP contribution in [0.1, 0.15) is 32.6 Å². The Morgan fingerprint density at radius 1 is 1.47 bits per heavy atom. The molecule has 3 N–H and O–H groups in total. The molecule has 1 atom stereocenters. The zero-order valence-corrected chi connectivity index (χ0v) is 10.2. The molecular weight excluding hydrogens is 220 g/mol. The van der Waals surface area contributed by atoms with Crippen LogP contribution in [0.2, 0.25) is 0 Å². The standard InChI is InChI=1S/C12H20N2O3/c1-2-17-11(16)9(13)10(15)14-7-12(5-6-12)8-3-4-8/h8-9H,2-7,13H2,1H3,(H,14,15). The van der Waals surface area contributed by atoms with Crippen molar-refractivity contribution >= 4 is 11.9 Å². The lowest BCUT2D eigenvalue weighted by Crippen LogP contribution is -2.48. The quantitative estimate of drug-likeness (QED) is 0.512. The van der Waals surface area contributed by atoms with E-state index in [2.05, 4.69) is 5.32 Å². The number of hydrogen-bond donors (Lipinski definition) is 2. The zero-order chi connectivity index (χ0) is 12.5. The molecule has 5 nitrogen and oxygen atoms in total. The van der Waals surface area contributed by atoms with Crippen LogP contribution in [0.25, 0.3) is 0 Å². The molecule has 2 rings (SSSR count). The van der Waals surface area contributed by atoms with Crippen LogP contribution in [-0.2, 0) is 14.3 Å². The van der Waals surface area contributed by atoms with Gasteiger partial charge in [-0.1, -0.05) is 0 Å². The van der Waals surface area contributed by atoms with Crippen molar-refractivity contribution in [3.8, 4) is 0 Å². The van der Waals surface area contributed by atoms with Crippen LogP contribution in [0.4, 0.5) is 0 Å². The second-order valence-corrected chi connectivity index (χ2v) is 5.08. The van der Waals surface area contributed by atoms with Crippen LogP contribution in [0.15, 0.2) is 0 Å². The predicted molar refractivity (Wildman–Crippen MR) is 62.0 cm³/mol. The molecule has 0 aliphatic heterocycles. The number of hydrogen-bond acceptors (Lipinski definition) is 4. The van der Waals surface area contributed by atoms with E-state index in [1.165, 1.54) is 25.7 Å². The Bertz CT molecular complexity index is 322. The number of esters is 1. The summed E-state index contributed by atoms with van der Waals surface area (Å²) in [5.74, 6) is -0.293. The van der Waals surface area contributed by atoms with E-state index in [4.69, 9.17) is 10.5 Å². The van der Waals surface area contributed by atoms with Crippen LogP contribution < -0.4 is 11.1 Å². The number of rotatable bonds is 6. The highest BCUT2D eigenvalue weighted by Gasteiger charge is 2.53. The number of nitrogens with two attached hydrogens (primary N) is 1. The summed E-state index contributed by atoms with van der Waals surface area (Å²) >= 11 is 0. The molecule has 2 aliphatic rings. The Morgan fingerprint density at radius 3 is 2.59 bits per heavy atom. The molecule has 5 heteroatoms. The molecule has 0 aromatic heterocycles. The van der Waals surface area contributed by atoms with Gasteiger partial charge in [-0.05, 0) is 43.9 Å². The minimum atomic E-state index is -1.19. The summed E-state index contributed by atoms with van der Waals surface area (Å²) in [7, 11) is 0. The molecule has 0 aromatic carbocycles. The van der Waals surface area contributed by atoms with Crippen LogP contribution in [0.5, 0.6) is 0 Å². The van der Waals surface area contributed by atoms with Crippen molar-refractivity contribution in [1.82, 2.24) is 5.32 Å². The predicted octanol–water partition coefficient (Wildman–Crippen LogP) is 0.183. The molecule has 1 amide bonds. The minimum Gasteiger partial charge on any atom is -0.464 e. The van der Waals surface area contributed by atoms with Gasteiger partial charge in [-0.2, -0.15) is 0 Å². The maximum absolute atomic E-state index is 11.6. The smallest absolute Gasteiger partial charge is 0.332 e. The summed E-state index contributed by atoms with van der Waals surface area (Å²) in [6.45, 7) is 2.59. The number of carbonyl (C=O) groups is 2. The molecule has 0 saturated heterocycles. The lowest BCUT2D eigenvalue weighted by Gasteiger charge is -2.17. The largest absolute Gasteiger partial charge is 0.464 e. The Hall–Kier alpha value is -1.10. The molecule has 0 heterocycles. The van der Waals surface area contributed by atoms with Crippen LogP contribution in [0, 0.1) is 11.3 Å². The van der Waals surface area contributed by atoms with Crippen molar-refractivity contribution in [2.24, 2.45) is 17.1 Å². The van der Waals surface area contributed by atoms with Gasteiger partial charge in [-0.15, -0.1) is 0 Å². The fraction of sp³-hybridized carbons (Fsp3) is 0.833. The first-order chi connectivity index (χ1) is 8.09. The monoisotopic (exact) mass is 240 g/mol. The first-order valence-corrected chi connectivity index (χ1v) is 6.29. The van der Waals surface area contributed by atoms with Gasteiger partial charge in [0, 0.05) is 6.54 Å². The highest BCUT2D eigenvalue weighted by Crippen LogP contribution is 2.60. The molecule has 2 fully saturated rings. The van der Waals surface area contributed by atoms with E-state index in [1.54, 1.807) is 6.92 Å². The summed E-state index contributed by atoms with van der Waals surface area (Å²) in [5, 5.41) is 2.78. The molecule has 0 bridgehead atoms. The topological polar surface area (TPSA) is 81.4 Å². The molecule has 17 heavy (non-hydrogen) atoms. The van der Waals surface area contributed by atoms with Gasteiger partial charge < -0.3 is 15.8 Å². The highest BCUT2D eigenvalue weighted by atomic mass is 16.5. The summed E-state index contributed by atoms with van der Waals surface area (Å²) in [5.41, 5.74) is 5.83. The maximum atomic E-state index is 11.6. The lowest BCUT2D eigenvalue weighted by atomic mass is 10.0. The van der Waals surface area contributed by atoms with Crippen molar-refractivity contribution in [3.63, 3.8) is 0 Å². The third-order valence-corrected chi connectivity index (χ3v) is 3.77. The van der Waals surface area contributed by atoms with Crippen molar-refractivity contribution < 1.29 is 14.3 Å². The van der Waals surface area contributed by atoms with E-state index in [0.717, 1.165) is 5.92 Å². The summed E-state index contributed by atoms with van der Waals surface area (Å²) < 4.78 is 4.71. The Labute approximate surface area is 101 Å². The number of carbonyl (C=O) groups excluding carboxylic acids is 2. The van der Waals surface area contributed by atoms with Crippen molar-refractivity contribution in [1.29, 1.82) is 0 Å². The van der Waals surface area contributed by atoms with Crippen LogP contribution in [-0.4, -0.2) is 31.1 Å². The third kappa shape index (κ3) is 2.77. The lowest BCUT2D eigenvalue weighted by molar-refractivity contribution is -0.148. The minimum absolute atomic E-state index is 0.242. The summed E-state index contributed by atoms with van der Waals surface area (Å²) in [6.07, 6.45) is 4.93. The van der Waals surface area contributed by atoms with Crippen molar-refractivity contribution in [2.75, 3.05) is 13.2 Å². The zero-order valence-electron chi connectivity index (χ0n) is 10.2. The van der Waals surface area contributed by atoms with Crippen molar-refractivity contribution in [3.05, 3.63) is 0 Å². The van der Waals surface area contributed by atoms with E-state index in [9.17, 15) is 9.59 Å². The first-order valence-electron chi connectivity index (χ1n) is 6.29. The molecule has 0 aromatic rings. The third-order valence-electron chi connectivity index (χ3n) is 3.77. The van der Waals surface area contributed by atoms with Gasteiger partial charge >= 0.3 is 5.97 Å². The van der Waals surface area contributed by atoms with E-state index in [0.29, 0.717) is 12.0 Å². The fourth-order valence-electron chi connectivity index (χ4n) is 2.30. The van der Waals surface area contributed by atoms with Crippen LogP contribution in [0.3, 0.4) is 0 Å². The van der Waals surface area contributed by atoms with Gasteiger partial charge in [0.1, 0.15) is 0 Å². The average Bonchev–Trinajstić information content (AvgIpc) is 3.16. The molecule has 2 aliphatic carbocycles. The van der Waals surface area contributed by atoms with E-state index in [-0.39, 0.29) is 6.61 Å². The van der Waals surface area contributed by atoms with Gasteiger partial charge in [-0.3, -0.25) is 4.79 Å². The number of ether oxygens (including phenoxy) is 1. The molecule has 2 saturated carbocycles. The van der Waals surface area contributed by atoms with Gasteiger partial charge in [0.05, 0.1) is 6.61 Å². The van der Waals surface area contributed by atoms with Gasteiger partial charge in [0.15, 0.2) is 6.04 Å². The van der Waals surface area contributed by atoms with E-state index < -0.39 is 17.9 Å². The molecule has 1 unspecified atom stereocenters. The van der Waals surface area contributed by atoms with Crippen LogP contribution >= 0.6 is 0 Å². The van der Waals surface area contributed by atoms with Gasteiger partial charge in [0.25, 0.3) is 0 Å². The average molecular weight is 240 g/mol.